The molecule has 1 heterocycles. The van der Waals surface area contributed by atoms with Crippen molar-refractivity contribution in [2.45, 2.75) is 77.6 Å². The van der Waals surface area contributed by atoms with E-state index in [1.807, 2.05) is 30.3 Å². The van der Waals surface area contributed by atoms with E-state index in [1.165, 1.54) is 24.0 Å². The fraction of sp³-hybridized carbons (Fsp3) is 0.424. The zero-order chi connectivity index (χ0) is 25.7. The summed E-state index contributed by atoms with van der Waals surface area (Å²) in [5.74, 6) is 1.17. The van der Waals surface area contributed by atoms with Gasteiger partial charge in [0.25, 0.3) is 0 Å². The molecule has 1 aliphatic rings. The van der Waals surface area contributed by atoms with E-state index >= 15 is 0 Å². The predicted molar refractivity (Wildman–Crippen MR) is 151 cm³/mol. The number of carbonyl (C=O) groups excluding carboxylic acids is 1. The first-order chi connectivity index (χ1) is 18.2. The van der Waals surface area contributed by atoms with E-state index in [0.29, 0.717) is 31.5 Å². The van der Waals surface area contributed by atoms with Crippen LogP contribution in [-0.2, 0) is 24.5 Å². The second kappa shape index (κ2) is 14.6. The summed E-state index contributed by atoms with van der Waals surface area (Å²) in [6, 6.07) is 29.5. The Bertz CT molecular complexity index is 1040. The van der Waals surface area contributed by atoms with Gasteiger partial charge in [0.05, 0.1) is 0 Å². The van der Waals surface area contributed by atoms with Crippen molar-refractivity contribution in [3.8, 4) is 5.75 Å². The van der Waals surface area contributed by atoms with Crippen LogP contribution in [0, 0.1) is 0 Å². The largest absolute Gasteiger partial charge is 0.489 e. The van der Waals surface area contributed by atoms with E-state index in [1.54, 1.807) is 0 Å². The van der Waals surface area contributed by atoms with Crippen molar-refractivity contribution in [2.75, 3.05) is 13.1 Å². The summed E-state index contributed by atoms with van der Waals surface area (Å²) < 4.78 is 5.97. The van der Waals surface area contributed by atoms with Crippen LogP contribution in [0.2, 0.25) is 0 Å². The van der Waals surface area contributed by atoms with Gasteiger partial charge in [0.2, 0.25) is 5.91 Å². The lowest BCUT2D eigenvalue weighted by Gasteiger charge is -2.39. The number of nitrogens with zero attached hydrogens (tertiary/aromatic N) is 2. The normalized spacial score (nSPS) is 14.4. The van der Waals surface area contributed by atoms with Crippen molar-refractivity contribution in [1.82, 2.24) is 9.80 Å². The highest BCUT2D eigenvalue weighted by Gasteiger charge is 2.28. The Hall–Kier alpha value is -3.11. The molecule has 4 nitrogen and oxygen atoms in total. The summed E-state index contributed by atoms with van der Waals surface area (Å²) in [5.41, 5.74) is 3.69. The number of unbranched alkanes of at least 4 members (excludes halogenated alkanes) is 3. The highest BCUT2D eigenvalue weighted by atomic mass is 16.5. The van der Waals surface area contributed by atoms with Gasteiger partial charge in [-0.3, -0.25) is 9.69 Å². The Morgan fingerprint density at radius 3 is 2.11 bits per heavy atom. The van der Waals surface area contributed by atoms with E-state index in [9.17, 15) is 4.79 Å². The molecule has 0 bridgehead atoms. The number of hydrogen-bond donors (Lipinski definition) is 0. The standard InChI is InChI=1S/C33H42N2O2/c1-2-3-4-11-16-33(36)35(31-21-23-34(24-22-31)25-28-12-7-5-8-13-28)26-29-17-19-32(20-18-29)37-27-30-14-9-6-10-15-30/h5-10,12-15,17-20,31H,2-4,11,16,21-27H2,1H3. The van der Waals surface area contributed by atoms with Gasteiger partial charge < -0.3 is 9.64 Å². The number of likely N-dealkylation sites (tertiary alicyclic amines) is 1. The molecule has 0 aromatic heterocycles. The molecule has 3 aromatic carbocycles. The average Bonchev–Trinajstić information content (AvgIpc) is 2.95. The second-order valence-electron chi connectivity index (χ2n) is 10.2. The molecule has 4 rings (SSSR count). The van der Waals surface area contributed by atoms with Crippen molar-refractivity contribution in [3.63, 3.8) is 0 Å². The first kappa shape index (κ1) is 26.9. The van der Waals surface area contributed by atoms with Crippen LogP contribution in [-0.4, -0.2) is 34.8 Å². The molecule has 0 radical (unpaired) electrons. The molecule has 1 saturated heterocycles. The molecule has 1 aliphatic heterocycles. The Morgan fingerprint density at radius 2 is 1.46 bits per heavy atom. The summed E-state index contributed by atoms with van der Waals surface area (Å²) in [4.78, 5) is 18.1. The summed E-state index contributed by atoms with van der Waals surface area (Å²) >= 11 is 0. The fourth-order valence-corrected chi connectivity index (χ4v) is 5.13. The highest BCUT2D eigenvalue weighted by Crippen LogP contribution is 2.23. The molecule has 0 unspecified atom stereocenters. The second-order valence-corrected chi connectivity index (χ2v) is 10.2. The number of rotatable bonds is 13. The molecule has 4 heteroatoms. The van der Waals surface area contributed by atoms with E-state index in [0.717, 1.165) is 56.6 Å². The molecule has 196 valence electrons. The minimum atomic E-state index is 0.305. The van der Waals surface area contributed by atoms with Gasteiger partial charge in [0.15, 0.2) is 0 Å². The molecule has 3 aromatic rings. The van der Waals surface area contributed by atoms with E-state index in [4.69, 9.17) is 4.74 Å². The van der Waals surface area contributed by atoms with Crippen LogP contribution < -0.4 is 4.74 Å². The van der Waals surface area contributed by atoms with Crippen molar-refractivity contribution < 1.29 is 9.53 Å². The van der Waals surface area contributed by atoms with Gasteiger partial charge in [-0.15, -0.1) is 0 Å². The third-order valence-corrected chi connectivity index (χ3v) is 7.34. The number of carbonyl (C=O) groups is 1. The van der Waals surface area contributed by atoms with Crippen molar-refractivity contribution in [1.29, 1.82) is 0 Å². The summed E-state index contributed by atoms with van der Waals surface area (Å²) in [6.45, 7) is 6.50. The SMILES string of the molecule is CCCCCCC(=O)N(Cc1ccc(OCc2ccccc2)cc1)C1CCN(Cc2ccccc2)CC1. The molecule has 1 fully saturated rings. The van der Waals surface area contributed by atoms with Gasteiger partial charge in [0, 0.05) is 38.6 Å². The molecule has 37 heavy (non-hydrogen) atoms. The number of ether oxygens (including phenoxy) is 1. The first-order valence-corrected chi connectivity index (χ1v) is 14.0. The Morgan fingerprint density at radius 1 is 0.811 bits per heavy atom. The molecule has 0 atom stereocenters. The minimum absolute atomic E-state index is 0.305. The van der Waals surface area contributed by atoms with Gasteiger partial charge in [-0.25, -0.2) is 0 Å². The topological polar surface area (TPSA) is 32.8 Å². The van der Waals surface area contributed by atoms with Crippen LogP contribution in [0.15, 0.2) is 84.9 Å². The van der Waals surface area contributed by atoms with Crippen LogP contribution in [0.1, 0.15) is 68.6 Å². The first-order valence-electron chi connectivity index (χ1n) is 14.0. The van der Waals surface area contributed by atoms with E-state index in [2.05, 4.69) is 71.3 Å². The van der Waals surface area contributed by atoms with Crippen LogP contribution in [0.25, 0.3) is 0 Å². The lowest BCUT2D eigenvalue weighted by Crippen LogP contribution is -2.46. The lowest BCUT2D eigenvalue weighted by atomic mass is 10.00. The van der Waals surface area contributed by atoms with Gasteiger partial charge in [-0.2, -0.15) is 0 Å². The van der Waals surface area contributed by atoms with Crippen LogP contribution in [0.3, 0.4) is 0 Å². The Kier molecular flexibility index (Phi) is 10.6. The summed E-state index contributed by atoms with van der Waals surface area (Å²) in [6.07, 6.45) is 7.24. The highest BCUT2D eigenvalue weighted by molar-refractivity contribution is 5.76. The van der Waals surface area contributed by atoms with Gasteiger partial charge >= 0.3 is 0 Å². The van der Waals surface area contributed by atoms with Crippen LogP contribution in [0.5, 0.6) is 5.75 Å². The molecule has 1 amide bonds. The Labute approximate surface area is 223 Å². The van der Waals surface area contributed by atoms with Crippen LogP contribution in [0.4, 0.5) is 0 Å². The molecule has 0 saturated carbocycles. The minimum Gasteiger partial charge on any atom is -0.489 e. The quantitative estimate of drug-likeness (QED) is 0.233. The van der Waals surface area contributed by atoms with Crippen LogP contribution >= 0.6 is 0 Å². The number of benzene rings is 3. The van der Waals surface area contributed by atoms with Gasteiger partial charge in [-0.05, 0) is 48.1 Å². The van der Waals surface area contributed by atoms with Gasteiger partial charge in [-0.1, -0.05) is 99.0 Å². The third kappa shape index (κ3) is 8.75. The molecule has 0 N–H and O–H groups in total. The third-order valence-electron chi connectivity index (χ3n) is 7.34. The molecular formula is C33H42N2O2. The number of hydrogen-bond acceptors (Lipinski definition) is 3. The fourth-order valence-electron chi connectivity index (χ4n) is 5.13. The average molecular weight is 499 g/mol. The molecular weight excluding hydrogens is 456 g/mol. The summed E-state index contributed by atoms with van der Waals surface area (Å²) in [7, 11) is 0. The van der Waals surface area contributed by atoms with Crippen molar-refractivity contribution in [3.05, 3.63) is 102 Å². The van der Waals surface area contributed by atoms with E-state index < -0.39 is 0 Å². The van der Waals surface area contributed by atoms with Gasteiger partial charge in [0.1, 0.15) is 12.4 Å². The predicted octanol–water partition coefficient (Wildman–Crippen LogP) is 7.23. The zero-order valence-corrected chi connectivity index (χ0v) is 22.4. The van der Waals surface area contributed by atoms with E-state index in [-0.39, 0.29) is 0 Å². The molecule has 0 spiro atoms. The lowest BCUT2D eigenvalue weighted by molar-refractivity contribution is -0.135. The van der Waals surface area contributed by atoms with Crippen molar-refractivity contribution in [2.24, 2.45) is 0 Å². The monoisotopic (exact) mass is 498 g/mol. The molecule has 0 aliphatic carbocycles. The maximum absolute atomic E-state index is 13.4. The Balaban J connectivity index is 1.34. The number of amides is 1. The maximum atomic E-state index is 13.4. The maximum Gasteiger partial charge on any atom is 0.223 e. The smallest absolute Gasteiger partial charge is 0.223 e. The summed E-state index contributed by atoms with van der Waals surface area (Å²) in [5, 5.41) is 0. The number of piperidine rings is 1. The zero-order valence-electron chi connectivity index (χ0n) is 22.4. The van der Waals surface area contributed by atoms with Crippen molar-refractivity contribution >= 4 is 5.91 Å².